The van der Waals surface area contributed by atoms with Gasteiger partial charge in [0.2, 0.25) is 23.7 Å². The van der Waals surface area contributed by atoms with Gasteiger partial charge in [-0.2, -0.15) is 0 Å². The molecule has 1 saturated heterocycles. The fourth-order valence-corrected chi connectivity index (χ4v) is 10.5. The Bertz CT molecular complexity index is 3450. The Morgan fingerprint density at radius 1 is 0.904 bits per heavy atom. The average molecular weight is 1170 g/mol. The number of amides is 4. The molecule has 20 nitrogen and oxygen atoms in total. The van der Waals surface area contributed by atoms with Gasteiger partial charge in [-0.3, -0.25) is 28.9 Å². The minimum Gasteiger partial charge on any atom is -0.391 e. The Morgan fingerprint density at radius 3 is 2.42 bits per heavy atom. The molecule has 0 saturated carbocycles. The number of aliphatic hydroxyl groups excluding tert-OH is 1. The van der Waals surface area contributed by atoms with E-state index in [2.05, 4.69) is 51.9 Å². The molecule has 7 aromatic rings. The molecule has 0 aliphatic carbocycles. The number of thiazole rings is 1. The van der Waals surface area contributed by atoms with E-state index in [9.17, 15) is 33.1 Å². The van der Waals surface area contributed by atoms with E-state index < -0.39 is 41.1 Å². The van der Waals surface area contributed by atoms with Crippen molar-refractivity contribution in [2.75, 3.05) is 51.3 Å². The molecule has 9 rings (SSSR count). The zero-order chi connectivity index (χ0) is 58.6. The predicted octanol–water partition coefficient (Wildman–Crippen LogP) is 6.95. The number of β-amino-alcohol motifs (C(OH)–C–C–N with tert-alkyl or cyclic N) is 1. The van der Waals surface area contributed by atoms with Crippen molar-refractivity contribution in [2.24, 2.45) is 10.4 Å². The lowest BCUT2D eigenvalue weighted by Gasteiger charge is -2.35. The molecule has 3 aromatic heterocycles. The molecule has 4 aromatic carbocycles. The minimum atomic E-state index is -0.935. The van der Waals surface area contributed by atoms with Crippen LogP contribution in [0, 0.1) is 24.0 Å². The first kappa shape index (κ1) is 59.7. The monoisotopic (exact) mass is 1170 g/mol. The molecule has 3 atom stereocenters. The predicted molar refractivity (Wildman–Crippen MR) is 310 cm³/mol. The zero-order valence-corrected chi connectivity index (χ0v) is 47.8. The third-order valence-corrected chi connectivity index (χ3v) is 15.1. The number of fused-ring (bicyclic) bond motifs is 3. The average Bonchev–Trinajstić information content (AvgIpc) is 4.44. The number of carbonyl (C=O) groups excluding carboxylic acids is 4. The molecule has 0 bridgehead atoms. The van der Waals surface area contributed by atoms with E-state index in [1.807, 2.05) is 57.5 Å². The summed E-state index contributed by atoms with van der Waals surface area (Å²) in [7, 11) is 0. The Morgan fingerprint density at radius 2 is 1.67 bits per heavy atom. The van der Waals surface area contributed by atoms with Gasteiger partial charge in [0.15, 0.2) is 0 Å². The van der Waals surface area contributed by atoms with Crippen LogP contribution in [0.25, 0.3) is 21.7 Å². The number of likely N-dealkylation sites (tertiary alicyclic amines) is 1. The van der Waals surface area contributed by atoms with Gasteiger partial charge in [0.25, 0.3) is 5.91 Å². The van der Waals surface area contributed by atoms with Crippen molar-refractivity contribution in [2.45, 2.75) is 85.0 Å². The second-order valence-electron chi connectivity index (χ2n) is 21.1. The van der Waals surface area contributed by atoms with Gasteiger partial charge in [0.1, 0.15) is 29.4 Å². The number of aliphatic imine (C=N–C) groups is 1. The number of hydrogen-bond acceptors (Lipinski definition) is 16. The quantitative estimate of drug-likeness (QED) is 0.0335. The largest absolute Gasteiger partial charge is 0.391 e. The van der Waals surface area contributed by atoms with E-state index in [0.717, 1.165) is 21.7 Å². The summed E-state index contributed by atoms with van der Waals surface area (Å²) in [5.74, 6) is -2.64. The number of carbonyl (C=O) groups is 4. The number of benzene rings is 4. The molecule has 6 N–H and O–H groups in total. The van der Waals surface area contributed by atoms with Gasteiger partial charge < -0.3 is 46.1 Å². The van der Waals surface area contributed by atoms with Crippen LogP contribution >= 0.6 is 22.9 Å². The number of rotatable bonds is 24. The van der Waals surface area contributed by atoms with Crippen molar-refractivity contribution in [3.05, 3.63) is 159 Å². The number of aryl methyl sites for hydroxylation is 1. The molecule has 1 fully saturated rings. The van der Waals surface area contributed by atoms with Crippen LogP contribution < -0.4 is 26.6 Å². The summed E-state index contributed by atoms with van der Waals surface area (Å²) in [5, 5.41) is 34.3. The van der Waals surface area contributed by atoms with Crippen LogP contribution in [0.1, 0.15) is 77.6 Å². The molecule has 0 spiro atoms. The first-order chi connectivity index (χ1) is 40.0. The topological polar surface area (TPSA) is 252 Å². The lowest BCUT2D eigenvalue weighted by molar-refractivity contribution is -0.144. The molecule has 2 aliphatic rings. The van der Waals surface area contributed by atoms with E-state index in [-0.39, 0.29) is 87.2 Å². The van der Waals surface area contributed by atoms with Crippen LogP contribution in [0.2, 0.25) is 5.02 Å². The molecule has 434 valence electrons. The van der Waals surface area contributed by atoms with Crippen LogP contribution in [0.3, 0.4) is 0 Å². The number of halogens is 3. The molecule has 0 unspecified atom stereocenters. The zero-order valence-electron chi connectivity index (χ0n) is 46.3. The van der Waals surface area contributed by atoms with Crippen LogP contribution in [0.4, 0.5) is 20.4 Å². The molecule has 83 heavy (non-hydrogen) atoms. The second-order valence-corrected chi connectivity index (χ2v) is 22.4. The van der Waals surface area contributed by atoms with E-state index in [4.69, 9.17) is 26.1 Å². The first-order valence-corrected chi connectivity index (χ1v) is 28.4. The van der Waals surface area contributed by atoms with E-state index in [0.29, 0.717) is 77.2 Å². The van der Waals surface area contributed by atoms with Crippen molar-refractivity contribution >= 4 is 63.9 Å². The maximum Gasteiger partial charge on any atom is 0.251 e. The SMILES string of the molecule is Cc1ncsc1-c1ccc(CNC(=O)[C@@H]2C[C@@H](O)CN2C(=O)[C@@H](NC(=O)CCNCCn2cc(COCCOCCNC(=O)c3ccc(Nc4ncc5c(n4)-c4ccc(Cl)cc4C(c4c(F)cccc4F)=NC5)cc3)nn2)C(C)(C)C)cc1. The Labute approximate surface area is 487 Å². The summed E-state index contributed by atoms with van der Waals surface area (Å²) >= 11 is 7.92. The van der Waals surface area contributed by atoms with Gasteiger partial charge in [0.05, 0.1) is 84.9 Å². The number of anilines is 2. The van der Waals surface area contributed by atoms with E-state index in [1.54, 1.807) is 70.9 Å². The number of hydrogen-bond donors (Lipinski definition) is 6. The smallest absolute Gasteiger partial charge is 0.251 e. The van der Waals surface area contributed by atoms with Crippen molar-refractivity contribution in [1.82, 2.24) is 56.1 Å². The summed E-state index contributed by atoms with van der Waals surface area (Å²) in [6.45, 7) is 10.5. The van der Waals surface area contributed by atoms with Crippen molar-refractivity contribution in [3.8, 4) is 21.7 Å². The fraction of sp³-hybridized carbons (Fsp3) is 0.356. The van der Waals surface area contributed by atoms with Crippen molar-refractivity contribution in [1.29, 1.82) is 0 Å². The highest BCUT2D eigenvalue weighted by molar-refractivity contribution is 7.13. The molecule has 2 aliphatic heterocycles. The molecule has 4 amide bonds. The normalized spacial score (nSPS) is 15.2. The Hall–Kier alpha value is -7.93. The minimum absolute atomic E-state index is 0.0152. The van der Waals surface area contributed by atoms with Crippen LogP contribution in [-0.4, -0.2) is 133 Å². The van der Waals surface area contributed by atoms with Gasteiger partial charge in [-0.25, -0.2) is 23.7 Å². The molecular weight excluding hydrogens is 1110 g/mol. The maximum absolute atomic E-state index is 15.0. The van der Waals surface area contributed by atoms with E-state index in [1.165, 1.54) is 23.1 Å². The highest BCUT2D eigenvalue weighted by atomic mass is 35.5. The lowest BCUT2D eigenvalue weighted by Crippen LogP contribution is -2.57. The van der Waals surface area contributed by atoms with Crippen molar-refractivity contribution in [3.63, 3.8) is 0 Å². The van der Waals surface area contributed by atoms with Gasteiger partial charge in [-0.1, -0.05) is 74.0 Å². The summed E-state index contributed by atoms with van der Waals surface area (Å²) in [6, 6.07) is 21.5. The van der Waals surface area contributed by atoms with E-state index >= 15 is 0 Å². The van der Waals surface area contributed by atoms with Gasteiger partial charge in [-0.05, 0) is 72.0 Å². The Kier molecular flexibility index (Phi) is 19.7. The first-order valence-electron chi connectivity index (χ1n) is 27.1. The number of aliphatic hydroxyl groups is 1. The van der Waals surface area contributed by atoms with Crippen LogP contribution in [0.15, 0.2) is 108 Å². The summed E-state index contributed by atoms with van der Waals surface area (Å²) < 4.78 is 43.0. The lowest BCUT2D eigenvalue weighted by atomic mass is 9.85. The fourth-order valence-electron chi connectivity index (χ4n) is 9.54. The molecule has 5 heterocycles. The summed E-state index contributed by atoms with van der Waals surface area (Å²) in [5.41, 5.74) is 7.77. The maximum atomic E-state index is 15.0. The van der Waals surface area contributed by atoms with Crippen molar-refractivity contribution < 1.29 is 42.5 Å². The summed E-state index contributed by atoms with van der Waals surface area (Å²) in [6.07, 6.45) is 2.70. The van der Waals surface area contributed by atoms with Crippen LogP contribution in [0.5, 0.6) is 0 Å². The third kappa shape index (κ3) is 15.4. The highest BCUT2D eigenvalue weighted by Gasteiger charge is 2.44. The van der Waals surface area contributed by atoms with Gasteiger partial charge in [-0.15, -0.1) is 16.4 Å². The molecule has 24 heteroatoms. The number of ether oxygens (including phenoxy) is 2. The Balaban J connectivity index is 0.633. The van der Waals surface area contributed by atoms with Crippen LogP contribution in [-0.2, 0) is 50.1 Å². The number of nitrogens with one attached hydrogen (secondary N) is 5. The molecule has 0 radical (unpaired) electrons. The van der Waals surface area contributed by atoms with Gasteiger partial charge in [0, 0.05) is 84.7 Å². The third-order valence-electron chi connectivity index (χ3n) is 13.9. The molecular formula is C59H64ClF2N13O7S. The second kappa shape index (κ2) is 27.4. The standard InChI is InChI=1S/C59H64ClF2N13O7S/c1-35-53(83-34-68-35)37-10-8-36(9-11-37)28-66-56(79)48-27-43(76)32-75(48)57(80)54(59(2,3)4)70-49(77)18-19-63-20-22-74-31-42(72-73-74)33-82-25-24-81-23-21-64-55(78)38-12-15-41(16-13-38)69-58-67-30-39-29-65-52(50-46(61)6-5-7-47(50)62)45-26-40(60)14-17-44(45)51(39)71-58/h5-17,26,30-31,34,43,48,54,63,76H,18-25,27-29,32-33H2,1-4H3,(H,64,78)(H,66,79)(H,70,77)(H,67,69,71)/t43-,48+,54-/m1/s1. The number of nitrogens with zero attached hydrogens (tertiary/aromatic N) is 8. The summed E-state index contributed by atoms with van der Waals surface area (Å²) in [4.78, 5) is 74.2. The van der Waals surface area contributed by atoms with Gasteiger partial charge >= 0.3 is 0 Å². The highest BCUT2D eigenvalue weighted by Crippen LogP contribution is 2.35. The number of aromatic nitrogens is 6.